The molecule has 3 heteroatoms. The molecule has 2 aromatic carbocycles. The number of hydrogen-bond donors (Lipinski definition) is 0. The van der Waals surface area contributed by atoms with E-state index in [1.807, 2.05) is 37.3 Å². The molecule has 0 radical (unpaired) electrons. The zero-order chi connectivity index (χ0) is 14.7. The van der Waals surface area contributed by atoms with Gasteiger partial charge in [-0.3, -0.25) is 0 Å². The number of allylic oxidation sites excluding steroid dienone is 2. The van der Waals surface area contributed by atoms with Crippen LogP contribution in [0.4, 0.5) is 5.69 Å². The molecule has 0 amide bonds. The van der Waals surface area contributed by atoms with Crippen LogP contribution in [-0.4, -0.2) is 6.54 Å². The summed E-state index contributed by atoms with van der Waals surface area (Å²) in [6, 6.07) is 16.2. The molecule has 0 heterocycles. The van der Waals surface area contributed by atoms with Gasteiger partial charge in [0, 0.05) is 6.54 Å². The van der Waals surface area contributed by atoms with E-state index in [0.29, 0.717) is 6.54 Å². The summed E-state index contributed by atoms with van der Waals surface area (Å²) in [4.78, 5) is 10.7. The fraction of sp³-hybridized carbons (Fsp3) is 0.111. The fourth-order valence-corrected chi connectivity index (χ4v) is 2.51. The molecule has 0 saturated carbocycles. The predicted molar refractivity (Wildman–Crippen MR) is 88.6 cm³/mol. The molecule has 0 spiro atoms. The second-order valence-electron chi connectivity index (χ2n) is 4.91. The van der Waals surface area contributed by atoms with Crippen LogP contribution >= 0.6 is 0 Å². The van der Waals surface area contributed by atoms with E-state index in [1.165, 1.54) is 21.7 Å². The molecule has 2 aromatic rings. The van der Waals surface area contributed by atoms with Gasteiger partial charge >= 0.3 is 0 Å². The Bertz CT molecular complexity index is 714. The first-order chi connectivity index (χ1) is 10.3. The van der Waals surface area contributed by atoms with Gasteiger partial charge in [0.1, 0.15) is 0 Å². The molecule has 3 nitrogen and oxygen atoms in total. The smallest absolute Gasteiger partial charge is 0.0626 e. The second-order valence-corrected chi connectivity index (χ2v) is 4.91. The van der Waals surface area contributed by atoms with E-state index in [0.717, 1.165) is 11.3 Å². The topological polar surface area (TPSA) is 32.7 Å². The van der Waals surface area contributed by atoms with Crippen LogP contribution in [-0.2, 0) is 0 Å². The minimum Gasteiger partial charge on any atom is -0.230 e. The normalized spacial score (nSPS) is 14.2. The molecule has 0 aliphatic heterocycles. The molecule has 0 atom stereocenters. The maximum absolute atomic E-state index is 10.7. The lowest BCUT2D eigenvalue weighted by molar-refractivity contribution is 0.885. The zero-order valence-electron chi connectivity index (χ0n) is 11.9. The molecule has 0 unspecified atom stereocenters. The maximum Gasteiger partial charge on any atom is 0.0626 e. The summed E-state index contributed by atoms with van der Waals surface area (Å²) in [6.45, 7) is 2.47. The first-order valence-electron chi connectivity index (χ1n) is 7.02. The molecule has 3 rings (SSSR count). The van der Waals surface area contributed by atoms with Crippen LogP contribution in [0, 0.1) is 4.91 Å². The van der Waals surface area contributed by atoms with Gasteiger partial charge in [0.05, 0.1) is 11.0 Å². The largest absolute Gasteiger partial charge is 0.230 e. The van der Waals surface area contributed by atoms with Crippen molar-refractivity contribution in [3.63, 3.8) is 0 Å². The van der Waals surface area contributed by atoms with E-state index in [-0.39, 0.29) is 0 Å². The molecule has 0 aromatic heterocycles. The third-order valence-electron chi connectivity index (χ3n) is 3.63. The average Bonchev–Trinajstić information content (AvgIpc) is 2.93. The highest BCUT2D eigenvalue weighted by Gasteiger charge is 2.09. The summed E-state index contributed by atoms with van der Waals surface area (Å²) in [5.41, 5.74) is 5.64. The summed E-state index contributed by atoms with van der Waals surface area (Å²) in [5.74, 6) is 0. The summed E-state index contributed by atoms with van der Waals surface area (Å²) < 4.78 is 0. The maximum atomic E-state index is 10.7. The van der Waals surface area contributed by atoms with Crippen LogP contribution in [0.1, 0.15) is 23.6 Å². The summed E-state index contributed by atoms with van der Waals surface area (Å²) >= 11 is 0. The van der Waals surface area contributed by atoms with Gasteiger partial charge in [-0.15, -0.1) is 4.91 Å². The van der Waals surface area contributed by atoms with Crippen LogP contribution in [0.25, 0.3) is 17.7 Å². The number of nitrogens with zero attached hydrogens (tertiary/aromatic N) is 2. The molecule has 1 aliphatic carbocycles. The molecular weight excluding hydrogens is 260 g/mol. The van der Waals surface area contributed by atoms with E-state index < -0.39 is 0 Å². The molecular formula is C18H16N2O. The Balaban J connectivity index is 1.88. The lowest BCUT2D eigenvalue weighted by atomic mass is 10.0. The molecule has 1 aliphatic rings. The van der Waals surface area contributed by atoms with Crippen LogP contribution in [0.2, 0.25) is 0 Å². The number of anilines is 1. The van der Waals surface area contributed by atoms with E-state index in [9.17, 15) is 4.91 Å². The van der Waals surface area contributed by atoms with Crippen molar-refractivity contribution in [2.24, 2.45) is 5.29 Å². The molecule has 104 valence electrons. The highest BCUT2D eigenvalue weighted by molar-refractivity contribution is 5.97. The van der Waals surface area contributed by atoms with Gasteiger partial charge in [-0.2, -0.15) is 0 Å². The molecule has 0 saturated heterocycles. The van der Waals surface area contributed by atoms with Gasteiger partial charge in [0.15, 0.2) is 0 Å². The first kappa shape index (κ1) is 13.3. The third kappa shape index (κ3) is 2.63. The van der Waals surface area contributed by atoms with Crippen LogP contribution < -0.4 is 5.01 Å². The Hall–Kier alpha value is -2.68. The number of nitroso groups, excluding NO2 is 1. The Morgan fingerprint density at radius 1 is 1.05 bits per heavy atom. The van der Waals surface area contributed by atoms with Crippen molar-refractivity contribution in [3.8, 4) is 0 Å². The third-order valence-corrected chi connectivity index (χ3v) is 3.63. The van der Waals surface area contributed by atoms with Gasteiger partial charge in [0.25, 0.3) is 0 Å². The molecule has 21 heavy (non-hydrogen) atoms. The summed E-state index contributed by atoms with van der Waals surface area (Å²) in [5, 5.41) is 4.43. The highest BCUT2D eigenvalue weighted by atomic mass is 16.3. The highest BCUT2D eigenvalue weighted by Crippen LogP contribution is 2.30. The quantitative estimate of drug-likeness (QED) is 0.595. The van der Waals surface area contributed by atoms with Gasteiger partial charge in [-0.1, -0.05) is 48.6 Å². The number of rotatable bonds is 4. The Labute approximate surface area is 124 Å². The predicted octanol–water partition coefficient (Wildman–Crippen LogP) is 4.76. The standard InChI is InChI=1S/C18H16N2O/c1-2-20(19-21)17-11-7-14(8-12-17)13-16-10-9-15-5-3-4-6-18(15)16/h3-13H,2H2,1H3. The number of hydrogen-bond acceptors (Lipinski definition) is 2. The Morgan fingerprint density at radius 3 is 2.52 bits per heavy atom. The van der Waals surface area contributed by atoms with Crippen LogP contribution in [0.5, 0.6) is 0 Å². The molecule has 0 N–H and O–H groups in total. The van der Waals surface area contributed by atoms with Gasteiger partial charge in [-0.25, -0.2) is 5.01 Å². The Kier molecular flexibility index (Phi) is 3.65. The van der Waals surface area contributed by atoms with Gasteiger partial charge < -0.3 is 0 Å². The van der Waals surface area contributed by atoms with Crippen molar-refractivity contribution in [2.45, 2.75) is 6.92 Å². The van der Waals surface area contributed by atoms with Crippen molar-refractivity contribution in [1.29, 1.82) is 0 Å². The fourth-order valence-electron chi connectivity index (χ4n) is 2.51. The first-order valence-corrected chi connectivity index (χ1v) is 7.02. The van der Waals surface area contributed by atoms with Crippen molar-refractivity contribution < 1.29 is 0 Å². The van der Waals surface area contributed by atoms with Crippen LogP contribution in [0.3, 0.4) is 0 Å². The average molecular weight is 276 g/mol. The minimum absolute atomic E-state index is 0.569. The van der Waals surface area contributed by atoms with E-state index in [4.69, 9.17) is 0 Å². The number of benzene rings is 2. The number of fused-ring (bicyclic) bond motifs is 1. The zero-order valence-corrected chi connectivity index (χ0v) is 11.9. The SMILES string of the molecule is CCN(N=O)c1ccc(C=C2C=Cc3ccccc32)cc1. The Morgan fingerprint density at radius 2 is 1.81 bits per heavy atom. The monoisotopic (exact) mass is 276 g/mol. The lowest BCUT2D eigenvalue weighted by Gasteiger charge is -2.12. The second kappa shape index (κ2) is 5.75. The molecule has 0 bridgehead atoms. The van der Waals surface area contributed by atoms with E-state index >= 15 is 0 Å². The summed E-state index contributed by atoms with van der Waals surface area (Å²) in [7, 11) is 0. The van der Waals surface area contributed by atoms with Crippen molar-refractivity contribution in [3.05, 3.63) is 76.2 Å². The van der Waals surface area contributed by atoms with Crippen molar-refractivity contribution in [1.82, 2.24) is 0 Å². The van der Waals surface area contributed by atoms with E-state index in [2.05, 4.69) is 41.7 Å². The van der Waals surface area contributed by atoms with E-state index in [1.54, 1.807) is 0 Å². The van der Waals surface area contributed by atoms with Crippen LogP contribution in [0.15, 0.2) is 59.9 Å². The molecule has 0 fully saturated rings. The minimum atomic E-state index is 0.569. The van der Waals surface area contributed by atoms with Gasteiger partial charge in [0.2, 0.25) is 0 Å². The lowest BCUT2D eigenvalue weighted by Crippen LogP contribution is -2.13. The van der Waals surface area contributed by atoms with Crippen molar-refractivity contribution >= 4 is 23.4 Å². The van der Waals surface area contributed by atoms with Crippen molar-refractivity contribution in [2.75, 3.05) is 11.6 Å². The van der Waals surface area contributed by atoms with Gasteiger partial charge in [-0.05, 0) is 47.4 Å². The summed E-state index contributed by atoms with van der Waals surface area (Å²) in [6.07, 6.45) is 6.41.